The van der Waals surface area contributed by atoms with E-state index >= 15 is 0 Å². The summed E-state index contributed by atoms with van der Waals surface area (Å²) in [6.45, 7) is 3.57. The minimum absolute atomic E-state index is 0.195. The van der Waals surface area contributed by atoms with Crippen molar-refractivity contribution < 1.29 is 22.0 Å². The Labute approximate surface area is 126 Å². The number of benzene rings is 1. The molecule has 0 heterocycles. The number of rotatable bonds is 4. The van der Waals surface area contributed by atoms with E-state index < -0.39 is 43.0 Å². The van der Waals surface area contributed by atoms with Gasteiger partial charge >= 0.3 is 0 Å². The largest absolute Gasteiger partial charge is 0.339 e. The number of hydrogen-bond donors (Lipinski definition) is 1. The summed E-state index contributed by atoms with van der Waals surface area (Å²) in [5.74, 6) is -3.94. The van der Waals surface area contributed by atoms with Crippen LogP contribution >= 0.6 is 11.6 Å². The van der Waals surface area contributed by atoms with E-state index in [0.29, 0.717) is 12.5 Å². The summed E-state index contributed by atoms with van der Waals surface area (Å²) in [5.41, 5.74) is -0.456. The maximum Gasteiger partial charge on any atom is 0.255 e. The number of carbonyl (C=O) groups is 1. The second kappa shape index (κ2) is 6.25. The number of halogens is 3. The zero-order valence-corrected chi connectivity index (χ0v) is 13.2. The summed E-state index contributed by atoms with van der Waals surface area (Å²) in [6.07, 6.45) is 0.617. The lowest BCUT2D eigenvalue weighted by molar-refractivity contribution is 0.0740. The molecule has 1 aromatic carbocycles. The lowest BCUT2D eigenvalue weighted by atomic mass is 10.1. The highest BCUT2D eigenvalue weighted by Gasteiger charge is 2.29. The number of primary sulfonamides is 1. The fourth-order valence-electron chi connectivity index (χ4n) is 1.65. The maximum atomic E-state index is 13.6. The molecule has 0 saturated heterocycles. The topological polar surface area (TPSA) is 80.5 Å². The van der Waals surface area contributed by atoms with E-state index in [2.05, 4.69) is 0 Å². The van der Waals surface area contributed by atoms with Crippen molar-refractivity contribution in [1.29, 1.82) is 0 Å². The fourth-order valence-corrected chi connectivity index (χ4v) is 2.90. The zero-order valence-electron chi connectivity index (χ0n) is 11.7. The Morgan fingerprint density at radius 3 is 2.43 bits per heavy atom. The zero-order chi connectivity index (χ0) is 16.5. The average molecular weight is 341 g/mol. The molecule has 0 spiro atoms. The van der Waals surface area contributed by atoms with Crippen molar-refractivity contribution in [2.24, 2.45) is 5.14 Å². The summed E-state index contributed by atoms with van der Waals surface area (Å²) < 4.78 is 49.8. The lowest BCUT2D eigenvalue weighted by Gasteiger charge is -2.24. The van der Waals surface area contributed by atoms with Crippen LogP contribution < -0.4 is 5.14 Å². The predicted molar refractivity (Wildman–Crippen MR) is 74.6 cm³/mol. The third kappa shape index (κ3) is 3.50. The van der Waals surface area contributed by atoms with E-state index in [1.807, 2.05) is 6.92 Å². The molecule has 118 valence electrons. The van der Waals surface area contributed by atoms with Crippen LogP contribution in [-0.2, 0) is 10.0 Å². The van der Waals surface area contributed by atoms with E-state index in [1.165, 1.54) is 11.9 Å². The summed E-state index contributed by atoms with van der Waals surface area (Å²) in [5, 5.41) is 4.09. The first-order valence-electron chi connectivity index (χ1n) is 5.99. The monoisotopic (exact) mass is 340 g/mol. The molecule has 1 amide bonds. The molecular formula is C12H15ClF2N2O3S. The Morgan fingerprint density at radius 1 is 1.48 bits per heavy atom. The first-order valence-corrected chi connectivity index (χ1v) is 7.92. The van der Waals surface area contributed by atoms with E-state index in [9.17, 15) is 22.0 Å². The highest BCUT2D eigenvalue weighted by atomic mass is 35.5. The van der Waals surface area contributed by atoms with Crippen LogP contribution in [0.15, 0.2) is 11.0 Å². The molecule has 1 unspecified atom stereocenters. The van der Waals surface area contributed by atoms with Gasteiger partial charge in [-0.25, -0.2) is 22.3 Å². The SMILES string of the molecule is CCC(C)N(C)C(=O)c1cc(F)c(F)c(S(N)(=O)=O)c1Cl. The Bertz CT molecular complexity index is 680. The standard InChI is InChI=1S/C12H15ClF2N2O3S/c1-4-6(2)17(3)12(18)7-5-8(14)10(15)11(9(7)13)21(16,19)20/h5-6H,4H2,1-3H3,(H2,16,19,20). The van der Waals surface area contributed by atoms with Crippen LogP contribution in [0.1, 0.15) is 30.6 Å². The van der Waals surface area contributed by atoms with Gasteiger partial charge in [0.25, 0.3) is 5.91 Å². The van der Waals surface area contributed by atoms with Crippen LogP contribution in [0.25, 0.3) is 0 Å². The Balaban J connectivity index is 3.54. The second-order valence-corrected chi connectivity index (χ2v) is 6.46. The normalized spacial score (nSPS) is 13.1. The molecule has 0 aliphatic heterocycles. The van der Waals surface area contributed by atoms with Crippen LogP contribution in [0, 0.1) is 11.6 Å². The van der Waals surface area contributed by atoms with E-state index in [4.69, 9.17) is 16.7 Å². The highest BCUT2D eigenvalue weighted by Crippen LogP contribution is 2.30. The molecule has 0 radical (unpaired) electrons. The van der Waals surface area contributed by atoms with Gasteiger partial charge in [-0.2, -0.15) is 0 Å². The molecule has 0 saturated carbocycles. The third-order valence-corrected chi connectivity index (χ3v) is 4.66. The van der Waals surface area contributed by atoms with Crippen LogP contribution in [-0.4, -0.2) is 32.3 Å². The minimum atomic E-state index is -4.61. The fraction of sp³-hybridized carbons (Fsp3) is 0.417. The van der Waals surface area contributed by atoms with Crippen molar-refractivity contribution in [2.45, 2.75) is 31.2 Å². The molecule has 0 fully saturated rings. The average Bonchev–Trinajstić information content (AvgIpc) is 2.38. The Morgan fingerprint density at radius 2 is 2.00 bits per heavy atom. The molecule has 1 atom stereocenters. The van der Waals surface area contributed by atoms with E-state index in [0.717, 1.165) is 0 Å². The number of nitrogens with two attached hydrogens (primary N) is 1. The Kier molecular flexibility index (Phi) is 5.30. The number of amides is 1. The van der Waals surface area contributed by atoms with Crippen molar-refractivity contribution in [2.75, 3.05) is 7.05 Å². The van der Waals surface area contributed by atoms with Crippen LogP contribution in [0.3, 0.4) is 0 Å². The highest BCUT2D eigenvalue weighted by molar-refractivity contribution is 7.89. The van der Waals surface area contributed by atoms with Gasteiger partial charge in [0.15, 0.2) is 11.6 Å². The molecule has 1 rings (SSSR count). The van der Waals surface area contributed by atoms with Crippen molar-refractivity contribution in [1.82, 2.24) is 4.90 Å². The smallest absolute Gasteiger partial charge is 0.255 e. The quantitative estimate of drug-likeness (QED) is 0.853. The number of carbonyl (C=O) groups excluding carboxylic acids is 1. The summed E-state index contributed by atoms with van der Waals surface area (Å²) in [4.78, 5) is 12.3. The molecule has 0 aliphatic carbocycles. The van der Waals surface area contributed by atoms with Gasteiger partial charge in [0.05, 0.1) is 10.6 Å². The maximum absolute atomic E-state index is 13.6. The minimum Gasteiger partial charge on any atom is -0.339 e. The van der Waals surface area contributed by atoms with Gasteiger partial charge in [-0.3, -0.25) is 4.79 Å². The van der Waals surface area contributed by atoms with Gasteiger partial charge < -0.3 is 4.90 Å². The third-order valence-electron chi connectivity index (χ3n) is 3.20. The molecule has 0 aromatic heterocycles. The first-order chi connectivity index (χ1) is 9.52. The molecular weight excluding hydrogens is 326 g/mol. The van der Waals surface area contributed by atoms with Crippen LogP contribution in [0.5, 0.6) is 0 Å². The van der Waals surface area contributed by atoms with E-state index in [1.54, 1.807) is 6.92 Å². The lowest BCUT2D eigenvalue weighted by Crippen LogP contribution is -2.35. The van der Waals surface area contributed by atoms with Gasteiger partial charge in [0.1, 0.15) is 4.90 Å². The molecule has 0 bridgehead atoms. The van der Waals surface area contributed by atoms with Crippen molar-refractivity contribution in [3.8, 4) is 0 Å². The summed E-state index contributed by atoms with van der Waals surface area (Å²) in [6, 6.07) is 0.368. The van der Waals surface area contributed by atoms with Crippen molar-refractivity contribution in [3.05, 3.63) is 28.3 Å². The summed E-state index contributed by atoms with van der Waals surface area (Å²) in [7, 11) is -3.16. The first kappa shape index (κ1) is 17.8. The van der Waals surface area contributed by atoms with Gasteiger partial charge in [0, 0.05) is 13.1 Å². The van der Waals surface area contributed by atoms with Gasteiger partial charge in [-0.05, 0) is 19.4 Å². The summed E-state index contributed by atoms with van der Waals surface area (Å²) >= 11 is 5.74. The molecule has 5 nitrogen and oxygen atoms in total. The molecule has 0 aliphatic rings. The van der Waals surface area contributed by atoms with Gasteiger partial charge in [-0.1, -0.05) is 18.5 Å². The van der Waals surface area contributed by atoms with Crippen molar-refractivity contribution in [3.63, 3.8) is 0 Å². The van der Waals surface area contributed by atoms with Gasteiger partial charge in [0.2, 0.25) is 10.0 Å². The van der Waals surface area contributed by atoms with Gasteiger partial charge in [-0.15, -0.1) is 0 Å². The number of sulfonamides is 1. The molecule has 1 aromatic rings. The van der Waals surface area contributed by atoms with Crippen molar-refractivity contribution >= 4 is 27.5 Å². The second-order valence-electron chi connectivity index (χ2n) is 4.58. The predicted octanol–water partition coefficient (Wildman–Crippen LogP) is 2.14. The molecule has 9 heteroatoms. The number of nitrogens with zero attached hydrogens (tertiary/aromatic N) is 1. The van der Waals surface area contributed by atoms with Crippen LogP contribution in [0.2, 0.25) is 5.02 Å². The van der Waals surface area contributed by atoms with Crippen LogP contribution in [0.4, 0.5) is 8.78 Å². The Hall–Kier alpha value is -1.25. The van der Waals surface area contributed by atoms with E-state index in [-0.39, 0.29) is 6.04 Å². The molecule has 21 heavy (non-hydrogen) atoms. The molecule has 2 N–H and O–H groups in total. The number of hydrogen-bond acceptors (Lipinski definition) is 3.